The maximum Gasteiger partial charge on any atom is 0.313 e. The fourth-order valence-corrected chi connectivity index (χ4v) is 4.20. The molecule has 34 heavy (non-hydrogen) atoms. The molecule has 174 valence electrons. The number of aryl methyl sites for hydroxylation is 2. The number of carbonyl (C=O) groups is 1. The molecule has 0 atom stereocenters. The van der Waals surface area contributed by atoms with Gasteiger partial charge in [0.25, 0.3) is 0 Å². The minimum atomic E-state index is -0.306. The third kappa shape index (κ3) is 3.81. The molecule has 0 fully saturated rings. The molecule has 0 N–H and O–H groups in total. The lowest BCUT2D eigenvalue weighted by Crippen LogP contribution is -2.14. The van der Waals surface area contributed by atoms with Gasteiger partial charge in [-0.15, -0.1) is 0 Å². The van der Waals surface area contributed by atoms with Gasteiger partial charge in [0.1, 0.15) is 22.7 Å². The lowest BCUT2D eigenvalue weighted by molar-refractivity contribution is -0.137. The van der Waals surface area contributed by atoms with Crippen molar-refractivity contribution in [1.29, 1.82) is 0 Å². The van der Waals surface area contributed by atoms with Gasteiger partial charge in [0, 0.05) is 18.7 Å². The summed E-state index contributed by atoms with van der Waals surface area (Å²) in [6.07, 6.45) is 2.52. The van der Waals surface area contributed by atoms with E-state index in [1.54, 1.807) is 12.1 Å². The highest BCUT2D eigenvalue weighted by Crippen LogP contribution is 2.35. The topological polar surface area (TPSA) is 61.4 Å². The molecule has 0 saturated heterocycles. The zero-order chi connectivity index (χ0) is 24.0. The van der Waals surface area contributed by atoms with E-state index in [1.807, 2.05) is 48.9 Å². The highest BCUT2D eigenvalue weighted by Gasteiger charge is 2.24. The number of carbonyl (C=O) groups excluding carboxylic acids is 1. The van der Waals surface area contributed by atoms with E-state index >= 15 is 0 Å². The predicted octanol–water partition coefficient (Wildman–Crippen LogP) is 5.90. The van der Waals surface area contributed by atoms with Gasteiger partial charge in [0.05, 0.1) is 17.0 Å². The third-order valence-corrected chi connectivity index (χ3v) is 6.00. The second-order valence-electron chi connectivity index (χ2n) is 9.22. The Morgan fingerprint density at radius 3 is 2.44 bits per heavy atom. The van der Waals surface area contributed by atoms with E-state index in [-0.39, 0.29) is 23.6 Å². The molecule has 0 radical (unpaired) electrons. The molecule has 0 aliphatic carbocycles. The van der Waals surface area contributed by atoms with Crippen molar-refractivity contribution in [2.75, 3.05) is 0 Å². The second kappa shape index (κ2) is 8.56. The highest BCUT2D eigenvalue weighted by atomic mass is 19.1. The fraction of sp³-hybridized carbons (Fsp3) is 0.296. The highest BCUT2D eigenvalue weighted by molar-refractivity contribution is 6.01. The van der Waals surface area contributed by atoms with Gasteiger partial charge < -0.3 is 9.30 Å². The van der Waals surface area contributed by atoms with Gasteiger partial charge in [0.2, 0.25) is 0 Å². The van der Waals surface area contributed by atoms with Gasteiger partial charge >= 0.3 is 5.97 Å². The van der Waals surface area contributed by atoms with Crippen molar-refractivity contribution < 1.29 is 13.9 Å². The lowest BCUT2D eigenvalue weighted by Gasteiger charge is -2.12. The van der Waals surface area contributed by atoms with Gasteiger partial charge in [-0.05, 0) is 36.2 Å². The molecule has 2 aromatic carbocycles. The SMILES string of the molecule is CC(C)C(=O)Oc1cn(CCc2ccc(F)cc2)c2nc(C(C)C)n3c4ccccc4nc3c12. The van der Waals surface area contributed by atoms with E-state index in [9.17, 15) is 9.18 Å². The number of nitrogens with zero attached hydrogens (tertiary/aromatic N) is 4. The number of aromatic nitrogens is 4. The van der Waals surface area contributed by atoms with Crippen LogP contribution in [0.5, 0.6) is 5.75 Å². The lowest BCUT2D eigenvalue weighted by atomic mass is 10.1. The fourth-order valence-electron chi connectivity index (χ4n) is 4.20. The number of rotatable bonds is 6. The number of benzene rings is 2. The van der Waals surface area contributed by atoms with Crippen molar-refractivity contribution in [1.82, 2.24) is 18.9 Å². The molecule has 7 heteroatoms. The monoisotopic (exact) mass is 458 g/mol. The van der Waals surface area contributed by atoms with Crippen molar-refractivity contribution >= 4 is 33.7 Å². The Kier molecular flexibility index (Phi) is 5.55. The summed E-state index contributed by atoms with van der Waals surface area (Å²) in [5.41, 5.74) is 4.29. The number of halogens is 1. The van der Waals surface area contributed by atoms with Crippen LogP contribution in [0.1, 0.15) is 45.0 Å². The van der Waals surface area contributed by atoms with Crippen LogP contribution in [0.3, 0.4) is 0 Å². The normalized spacial score (nSPS) is 12.0. The molecule has 0 spiro atoms. The van der Waals surface area contributed by atoms with Crippen LogP contribution < -0.4 is 4.74 Å². The Morgan fingerprint density at radius 2 is 1.74 bits per heavy atom. The second-order valence-corrected chi connectivity index (χ2v) is 9.22. The number of ether oxygens (including phenoxy) is 1. The Morgan fingerprint density at radius 1 is 1.00 bits per heavy atom. The van der Waals surface area contributed by atoms with E-state index < -0.39 is 0 Å². The average molecular weight is 459 g/mol. The number of hydrogen-bond acceptors (Lipinski definition) is 4. The first-order valence-corrected chi connectivity index (χ1v) is 11.6. The molecule has 0 saturated carbocycles. The molecule has 0 unspecified atom stereocenters. The van der Waals surface area contributed by atoms with E-state index in [0.29, 0.717) is 24.1 Å². The van der Waals surface area contributed by atoms with E-state index in [2.05, 4.69) is 18.2 Å². The number of imidazole rings is 1. The summed E-state index contributed by atoms with van der Waals surface area (Å²) in [6.45, 7) is 8.43. The van der Waals surface area contributed by atoms with Gasteiger partial charge in [0.15, 0.2) is 11.4 Å². The minimum absolute atomic E-state index is 0.145. The van der Waals surface area contributed by atoms with Gasteiger partial charge in [-0.25, -0.2) is 14.4 Å². The Labute approximate surface area is 197 Å². The molecular weight excluding hydrogens is 431 g/mol. The van der Waals surface area contributed by atoms with Crippen molar-refractivity contribution in [3.63, 3.8) is 0 Å². The summed E-state index contributed by atoms with van der Waals surface area (Å²) >= 11 is 0. The largest absolute Gasteiger partial charge is 0.424 e. The van der Waals surface area contributed by atoms with Crippen molar-refractivity contribution in [2.24, 2.45) is 5.92 Å². The molecule has 5 rings (SSSR count). The van der Waals surface area contributed by atoms with Crippen LogP contribution in [0.25, 0.3) is 27.7 Å². The summed E-state index contributed by atoms with van der Waals surface area (Å²) < 4.78 is 23.2. The summed E-state index contributed by atoms with van der Waals surface area (Å²) in [5, 5.41) is 0.716. The van der Waals surface area contributed by atoms with Gasteiger partial charge in [-0.3, -0.25) is 9.20 Å². The standard InChI is InChI=1S/C27H27FN4O2/c1-16(2)24-30-25-23(26-29-20-7-5-6-8-21(20)32(24)26)22(34-27(33)17(3)4)15-31(25)14-13-18-9-11-19(28)12-10-18/h5-12,15-17H,13-14H2,1-4H3. The maximum absolute atomic E-state index is 13.3. The first-order chi connectivity index (χ1) is 16.3. The van der Waals surface area contributed by atoms with Gasteiger partial charge in [-0.1, -0.05) is 52.0 Å². The van der Waals surface area contributed by atoms with E-state index in [4.69, 9.17) is 14.7 Å². The number of para-hydroxylation sites is 2. The molecule has 0 bridgehead atoms. The summed E-state index contributed by atoms with van der Waals surface area (Å²) in [7, 11) is 0. The average Bonchev–Trinajstić information content (AvgIpc) is 3.36. The van der Waals surface area contributed by atoms with E-state index in [0.717, 1.165) is 33.7 Å². The third-order valence-electron chi connectivity index (χ3n) is 6.00. The van der Waals surface area contributed by atoms with Crippen LogP contribution in [0.15, 0.2) is 54.7 Å². The molecule has 3 heterocycles. The summed E-state index contributed by atoms with van der Waals surface area (Å²) in [4.78, 5) is 22.5. The van der Waals surface area contributed by atoms with Crippen LogP contribution in [0.4, 0.5) is 4.39 Å². The molecule has 0 amide bonds. The quantitative estimate of drug-likeness (QED) is 0.297. The van der Waals surface area contributed by atoms with E-state index in [1.165, 1.54) is 12.1 Å². The Balaban J connectivity index is 1.73. The van der Waals surface area contributed by atoms with Crippen molar-refractivity contribution in [2.45, 2.75) is 46.6 Å². The Bertz CT molecular complexity index is 1510. The molecular formula is C27H27FN4O2. The van der Waals surface area contributed by atoms with Gasteiger partial charge in [-0.2, -0.15) is 0 Å². The molecule has 6 nitrogen and oxygen atoms in total. The zero-order valence-electron chi connectivity index (χ0n) is 19.7. The molecule has 0 aliphatic rings. The van der Waals surface area contributed by atoms with Crippen LogP contribution in [-0.2, 0) is 17.8 Å². The maximum atomic E-state index is 13.3. The number of fused-ring (bicyclic) bond motifs is 5. The molecule has 5 aromatic rings. The van der Waals surface area contributed by atoms with Crippen LogP contribution >= 0.6 is 0 Å². The number of hydrogen-bond donors (Lipinski definition) is 0. The number of esters is 1. The van der Waals surface area contributed by atoms with Crippen LogP contribution in [-0.4, -0.2) is 24.9 Å². The summed E-state index contributed by atoms with van der Waals surface area (Å²) in [5.74, 6) is 0.659. The van der Waals surface area contributed by atoms with Crippen molar-refractivity contribution in [3.05, 3.63) is 71.9 Å². The predicted molar refractivity (Wildman–Crippen MR) is 131 cm³/mol. The molecule has 0 aliphatic heterocycles. The first-order valence-electron chi connectivity index (χ1n) is 11.6. The van der Waals surface area contributed by atoms with Crippen LogP contribution in [0, 0.1) is 11.7 Å². The summed E-state index contributed by atoms with van der Waals surface area (Å²) in [6, 6.07) is 14.5. The molecule has 3 aromatic heterocycles. The first kappa shape index (κ1) is 22.1. The minimum Gasteiger partial charge on any atom is -0.424 e. The zero-order valence-corrected chi connectivity index (χ0v) is 19.7. The Hall–Kier alpha value is -3.74. The van der Waals surface area contributed by atoms with Crippen LogP contribution in [0.2, 0.25) is 0 Å². The smallest absolute Gasteiger partial charge is 0.313 e. The van der Waals surface area contributed by atoms with Crippen molar-refractivity contribution in [3.8, 4) is 5.75 Å².